The number of rotatable bonds is 6. The number of nitrogens with one attached hydrogen (secondary N) is 2. The van der Waals surface area contributed by atoms with Crippen molar-refractivity contribution >= 4 is 11.6 Å². The average molecular weight is 313 g/mol. The van der Waals surface area contributed by atoms with Crippen LogP contribution in [-0.4, -0.2) is 36.5 Å². The molecule has 0 atom stereocenters. The first-order valence-electron chi connectivity index (χ1n) is 8.12. The molecule has 1 aromatic carbocycles. The first-order chi connectivity index (χ1) is 11.3. The Hall–Kier alpha value is -2.11. The lowest BCUT2D eigenvalue weighted by molar-refractivity contribution is -0.117. The minimum Gasteiger partial charge on any atom is -0.468 e. The van der Waals surface area contributed by atoms with Crippen LogP contribution in [0.2, 0.25) is 0 Å². The molecule has 1 amide bonds. The molecule has 0 radical (unpaired) electrons. The van der Waals surface area contributed by atoms with Gasteiger partial charge in [-0.2, -0.15) is 0 Å². The van der Waals surface area contributed by atoms with Crippen LogP contribution in [0.25, 0.3) is 0 Å². The molecule has 0 spiro atoms. The molecule has 1 fully saturated rings. The minimum absolute atomic E-state index is 0.0539. The van der Waals surface area contributed by atoms with Crippen molar-refractivity contribution in [1.29, 1.82) is 0 Å². The van der Waals surface area contributed by atoms with E-state index < -0.39 is 0 Å². The Morgan fingerprint density at radius 3 is 2.61 bits per heavy atom. The highest BCUT2D eigenvalue weighted by molar-refractivity contribution is 5.92. The van der Waals surface area contributed by atoms with Gasteiger partial charge in [-0.3, -0.25) is 9.69 Å². The second-order valence-corrected chi connectivity index (χ2v) is 5.92. The lowest BCUT2D eigenvalue weighted by Gasteiger charge is -2.31. The molecule has 3 rings (SSSR count). The summed E-state index contributed by atoms with van der Waals surface area (Å²) in [6, 6.07) is 14.0. The van der Waals surface area contributed by atoms with Crippen LogP contribution in [0.5, 0.6) is 0 Å². The standard InChI is InChI=1S/C18H23N3O2/c22-18(20-16-5-2-1-3-6-16)14-21-10-8-15(9-11-21)19-13-17-7-4-12-23-17/h1-7,12,15,19H,8-11,13-14H2,(H,20,22). The quantitative estimate of drug-likeness (QED) is 0.860. The predicted octanol–water partition coefficient (Wildman–Crippen LogP) is 2.47. The molecule has 2 N–H and O–H groups in total. The normalized spacial score (nSPS) is 16.3. The summed E-state index contributed by atoms with van der Waals surface area (Å²) in [5, 5.41) is 6.45. The molecule has 2 aromatic rings. The van der Waals surface area contributed by atoms with E-state index in [1.165, 1.54) is 0 Å². The fraction of sp³-hybridized carbons (Fsp3) is 0.389. The van der Waals surface area contributed by atoms with Gasteiger partial charge in [-0.05, 0) is 37.1 Å². The number of anilines is 1. The van der Waals surface area contributed by atoms with Gasteiger partial charge in [-0.1, -0.05) is 18.2 Å². The number of hydrogen-bond donors (Lipinski definition) is 2. The average Bonchev–Trinajstić information content (AvgIpc) is 3.08. The zero-order valence-electron chi connectivity index (χ0n) is 13.2. The number of piperidine rings is 1. The number of amides is 1. The maximum absolute atomic E-state index is 12.1. The first kappa shape index (κ1) is 15.8. The van der Waals surface area contributed by atoms with Gasteiger partial charge >= 0.3 is 0 Å². The van der Waals surface area contributed by atoms with E-state index in [1.54, 1.807) is 6.26 Å². The molecular formula is C18H23N3O2. The molecule has 1 saturated heterocycles. The molecule has 0 unspecified atom stereocenters. The van der Waals surface area contributed by atoms with Crippen molar-refractivity contribution in [3.05, 3.63) is 54.5 Å². The number of hydrogen-bond acceptors (Lipinski definition) is 4. The van der Waals surface area contributed by atoms with Gasteiger partial charge in [0.25, 0.3) is 0 Å². The zero-order valence-corrected chi connectivity index (χ0v) is 13.2. The number of furan rings is 1. The van der Waals surface area contributed by atoms with Crippen molar-refractivity contribution in [1.82, 2.24) is 10.2 Å². The molecule has 1 aliphatic rings. The predicted molar refractivity (Wildman–Crippen MR) is 90.1 cm³/mol. The third-order valence-electron chi connectivity index (χ3n) is 4.16. The summed E-state index contributed by atoms with van der Waals surface area (Å²) < 4.78 is 5.33. The van der Waals surface area contributed by atoms with E-state index in [0.29, 0.717) is 12.6 Å². The van der Waals surface area contributed by atoms with Crippen LogP contribution in [0.3, 0.4) is 0 Å². The summed E-state index contributed by atoms with van der Waals surface area (Å²) >= 11 is 0. The monoisotopic (exact) mass is 313 g/mol. The second-order valence-electron chi connectivity index (χ2n) is 5.92. The molecule has 1 aromatic heterocycles. The largest absolute Gasteiger partial charge is 0.468 e. The number of carbonyl (C=O) groups excluding carboxylic acids is 1. The van der Waals surface area contributed by atoms with Crippen molar-refractivity contribution in [3.63, 3.8) is 0 Å². The van der Waals surface area contributed by atoms with Crippen LogP contribution in [0.4, 0.5) is 5.69 Å². The van der Waals surface area contributed by atoms with Crippen LogP contribution in [0, 0.1) is 0 Å². The van der Waals surface area contributed by atoms with Gasteiger partial charge in [0.05, 0.1) is 19.4 Å². The van der Waals surface area contributed by atoms with Crippen molar-refractivity contribution in [2.24, 2.45) is 0 Å². The van der Waals surface area contributed by atoms with Gasteiger partial charge in [-0.15, -0.1) is 0 Å². The van der Waals surface area contributed by atoms with Crippen LogP contribution >= 0.6 is 0 Å². The first-order valence-corrected chi connectivity index (χ1v) is 8.12. The number of benzene rings is 1. The fourth-order valence-corrected chi connectivity index (χ4v) is 2.88. The van der Waals surface area contributed by atoms with Gasteiger partial charge in [0.1, 0.15) is 5.76 Å². The molecule has 0 aliphatic carbocycles. The molecule has 23 heavy (non-hydrogen) atoms. The van der Waals surface area contributed by atoms with Gasteiger partial charge in [0.2, 0.25) is 5.91 Å². The second kappa shape index (κ2) is 7.94. The minimum atomic E-state index is 0.0539. The Labute approximate surface area is 136 Å². The number of nitrogens with zero attached hydrogens (tertiary/aromatic N) is 1. The summed E-state index contributed by atoms with van der Waals surface area (Å²) in [7, 11) is 0. The molecular weight excluding hydrogens is 290 g/mol. The number of carbonyl (C=O) groups is 1. The molecule has 5 nitrogen and oxygen atoms in total. The van der Waals surface area contributed by atoms with E-state index in [0.717, 1.165) is 43.9 Å². The van der Waals surface area contributed by atoms with Gasteiger partial charge in [0.15, 0.2) is 0 Å². The Kier molecular flexibility index (Phi) is 5.45. The molecule has 122 valence electrons. The van der Waals surface area contributed by atoms with E-state index in [9.17, 15) is 4.79 Å². The molecule has 0 bridgehead atoms. The van der Waals surface area contributed by atoms with E-state index in [1.807, 2.05) is 42.5 Å². The Morgan fingerprint density at radius 1 is 1.13 bits per heavy atom. The maximum atomic E-state index is 12.1. The highest BCUT2D eigenvalue weighted by atomic mass is 16.3. The summed E-state index contributed by atoms with van der Waals surface area (Å²) in [5.41, 5.74) is 0.854. The maximum Gasteiger partial charge on any atom is 0.238 e. The van der Waals surface area contributed by atoms with Crippen LogP contribution in [0.15, 0.2) is 53.1 Å². The number of para-hydroxylation sites is 1. The highest BCUT2D eigenvalue weighted by Gasteiger charge is 2.20. The van der Waals surface area contributed by atoms with Crippen molar-refractivity contribution < 1.29 is 9.21 Å². The summed E-state index contributed by atoms with van der Waals surface area (Å²) in [5.74, 6) is 1.02. The Morgan fingerprint density at radius 2 is 1.91 bits per heavy atom. The van der Waals surface area contributed by atoms with Crippen molar-refractivity contribution in [2.75, 3.05) is 25.0 Å². The molecule has 2 heterocycles. The van der Waals surface area contributed by atoms with E-state index >= 15 is 0 Å². The fourth-order valence-electron chi connectivity index (χ4n) is 2.88. The lowest BCUT2D eigenvalue weighted by Crippen LogP contribution is -2.44. The molecule has 5 heteroatoms. The van der Waals surface area contributed by atoms with Crippen molar-refractivity contribution in [3.8, 4) is 0 Å². The van der Waals surface area contributed by atoms with E-state index in [-0.39, 0.29) is 5.91 Å². The Balaban J connectivity index is 1.36. The topological polar surface area (TPSA) is 57.5 Å². The Bertz CT molecular complexity index is 590. The summed E-state index contributed by atoms with van der Waals surface area (Å²) in [6.07, 6.45) is 3.81. The smallest absolute Gasteiger partial charge is 0.238 e. The van der Waals surface area contributed by atoms with Crippen LogP contribution in [0.1, 0.15) is 18.6 Å². The summed E-state index contributed by atoms with van der Waals surface area (Å²) in [4.78, 5) is 14.3. The lowest BCUT2D eigenvalue weighted by atomic mass is 10.0. The summed E-state index contributed by atoms with van der Waals surface area (Å²) in [6.45, 7) is 3.11. The molecule has 1 aliphatic heterocycles. The molecule has 0 saturated carbocycles. The third-order valence-corrected chi connectivity index (χ3v) is 4.16. The van der Waals surface area contributed by atoms with Crippen LogP contribution in [-0.2, 0) is 11.3 Å². The number of likely N-dealkylation sites (tertiary alicyclic amines) is 1. The zero-order chi connectivity index (χ0) is 15.9. The van der Waals surface area contributed by atoms with Gasteiger partial charge in [-0.25, -0.2) is 0 Å². The highest BCUT2D eigenvalue weighted by Crippen LogP contribution is 2.12. The van der Waals surface area contributed by atoms with E-state index in [4.69, 9.17) is 4.42 Å². The van der Waals surface area contributed by atoms with E-state index in [2.05, 4.69) is 15.5 Å². The van der Waals surface area contributed by atoms with Crippen LogP contribution < -0.4 is 10.6 Å². The SMILES string of the molecule is O=C(CN1CCC(NCc2ccco2)CC1)Nc1ccccc1. The third kappa shape index (κ3) is 4.94. The van der Waals surface area contributed by atoms with Crippen molar-refractivity contribution in [2.45, 2.75) is 25.4 Å². The van der Waals surface area contributed by atoms with Gasteiger partial charge in [0, 0.05) is 24.8 Å². The van der Waals surface area contributed by atoms with Gasteiger partial charge < -0.3 is 15.1 Å².